The maximum absolute atomic E-state index is 11.5. The molecule has 1 aromatic carbocycles. The Labute approximate surface area is 129 Å². The Hall–Kier alpha value is -2.30. The van der Waals surface area contributed by atoms with E-state index in [-0.39, 0.29) is 11.9 Å². The van der Waals surface area contributed by atoms with Crippen LogP contribution >= 0.6 is 0 Å². The van der Waals surface area contributed by atoms with Crippen LogP contribution in [0.1, 0.15) is 42.2 Å². The lowest BCUT2D eigenvalue weighted by Crippen LogP contribution is -2.03. The van der Waals surface area contributed by atoms with E-state index >= 15 is 0 Å². The Morgan fingerprint density at radius 1 is 1.18 bits per heavy atom. The van der Waals surface area contributed by atoms with Crippen molar-refractivity contribution in [3.63, 3.8) is 0 Å². The first-order valence-corrected chi connectivity index (χ1v) is 7.49. The van der Waals surface area contributed by atoms with Gasteiger partial charge in [0.25, 0.3) is 0 Å². The van der Waals surface area contributed by atoms with Crippen molar-refractivity contribution in [2.45, 2.75) is 32.6 Å². The number of H-pyrrole nitrogens is 1. The summed E-state index contributed by atoms with van der Waals surface area (Å²) >= 11 is 0. The van der Waals surface area contributed by atoms with E-state index in [1.54, 1.807) is 6.07 Å². The molecule has 0 saturated heterocycles. The van der Waals surface area contributed by atoms with Crippen LogP contribution in [-0.4, -0.2) is 30.6 Å². The Morgan fingerprint density at radius 3 is 2.73 bits per heavy atom. The lowest BCUT2D eigenvalue weighted by atomic mass is 10.1. The lowest BCUT2D eigenvalue weighted by molar-refractivity contribution is -0.143. The maximum atomic E-state index is 11.5. The highest BCUT2D eigenvalue weighted by atomic mass is 16.5. The quantitative estimate of drug-likeness (QED) is 0.630. The third-order valence-corrected chi connectivity index (χ3v) is 3.48. The summed E-state index contributed by atoms with van der Waals surface area (Å²) in [4.78, 5) is 26.1. The zero-order chi connectivity index (χ0) is 15.9. The molecule has 0 aliphatic heterocycles. The number of ether oxygens (including phenoxy) is 2. The van der Waals surface area contributed by atoms with Gasteiger partial charge in [0, 0.05) is 23.0 Å². The van der Waals surface area contributed by atoms with E-state index in [4.69, 9.17) is 9.47 Å². The van der Waals surface area contributed by atoms with Crippen molar-refractivity contribution in [2.75, 3.05) is 13.7 Å². The molecular formula is C17H21NO4. The number of carbonyl (C=O) groups is 2. The fourth-order valence-electron chi connectivity index (χ4n) is 2.39. The topological polar surface area (TPSA) is 68.4 Å². The minimum Gasteiger partial charge on any atom is -0.466 e. The summed E-state index contributed by atoms with van der Waals surface area (Å²) in [5.41, 5.74) is 2.64. The standard InChI is InChI=1S/C17H21NO4/c1-3-22-16(19)7-5-4-6-14-11-13-10-12(17(20)21-2)8-9-15(13)18-14/h8-11,18H,3-7H2,1-2H3. The first-order chi connectivity index (χ1) is 10.6. The number of carbonyl (C=O) groups excluding carboxylic acids is 2. The average Bonchev–Trinajstić information content (AvgIpc) is 2.92. The zero-order valence-electron chi connectivity index (χ0n) is 13.0. The second kappa shape index (κ2) is 7.64. The molecule has 0 bridgehead atoms. The summed E-state index contributed by atoms with van der Waals surface area (Å²) in [5.74, 6) is -0.471. The van der Waals surface area contributed by atoms with Gasteiger partial charge in [0.05, 0.1) is 19.3 Å². The molecule has 22 heavy (non-hydrogen) atoms. The van der Waals surface area contributed by atoms with Crippen molar-refractivity contribution in [3.05, 3.63) is 35.5 Å². The number of benzene rings is 1. The molecular weight excluding hydrogens is 282 g/mol. The van der Waals surface area contributed by atoms with Crippen LogP contribution in [0.4, 0.5) is 0 Å². The molecule has 0 spiro atoms. The number of nitrogens with one attached hydrogen (secondary N) is 1. The van der Waals surface area contributed by atoms with Gasteiger partial charge in [-0.2, -0.15) is 0 Å². The summed E-state index contributed by atoms with van der Waals surface area (Å²) in [6.45, 7) is 2.24. The highest BCUT2D eigenvalue weighted by molar-refractivity contribution is 5.94. The average molecular weight is 303 g/mol. The molecule has 0 unspecified atom stereocenters. The zero-order valence-corrected chi connectivity index (χ0v) is 13.0. The fourth-order valence-corrected chi connectivity index (χ4v) is 2.39. The minimum atomic E-state index is -0.334. The van der Waals surface area contributed by atoms with Crippen molar-refractivity contribution in [2.24, 2.45) is 0 Å². The van der Waals surface area contributed by atoms with Gasteiger partial charge >= 0.3 is 11.9 Å². The second-order valence-electron chi connectivity index (χ2n) is 5.10. The monoisotopic (exact) mass is 303 g/mol. The van der Waals surface area contributed by atoms with Crippen LogP contribution in [0.15, 0.2) is 24.3 Å². The van der Waals surface area contributed by atoms with E-state index < -0.39 is 0 Å². The summed E-state index contributed by atoms with van der Waals surface area (Å²) < 4.78 is 9.62. The van der Waals surface area contributed by atoms with E-state index in [0.717, 1.165) is 35.9 Å². The van der Waals surface area contributed by atoms with Crippen LogP contribution in [-0.2, 0) is 20.7 Å². The number of hydrogen-bond acceptors (Lipinski definition) is 4. The van der Waals surface area contributed by atoms with E-state index in [1.807, 2.05) is 25.1 Å². The summed E-state index contributed by atoms with van der Waals surface area (Å²) in [5, 5.41) is 0.989. The Kier molecular flexibility index (Phi) is 5.58. The predicted molar refractivity (Wildman–Crippen MR) is 83.8 cm³/mol. The summed E-state index contributed by atoms with van der Waals surface area (Å²) in [6.07, 6.45) is 3.04. The van der Waals surface area contributed by atoms with Crippen molar-refractivity contribution >= 4 is 22.8 Å². The first kappa shape index (κ1) is 16.1. The Morgan fingerprint density at radius 2 is 2.00 bits per heavy atom. The molecule has 0 saturated carbocycles. The van der Waals surface area contributed by atoms with Crippen molar-refractivity contribution < 1.29 is 19.1 Å². The van der Waals surface area contributed by atoms with E-state index in [2.05, 4.69) is 4.98 Å². The molecule has 118 valence electrons. The smallest absolute Gasteiger partial charge is 0.337 e. The molecule has 5 heteroatoms. The molecule has 1 N–H and O–H groups in total. The highest BCUT2D eigenvalue weighted by Gasteiger charge is 2.08. The number of unbranched alkanes of at least 4 members (excludes halogenated alkanes) is 1. The van der Waals surface area contributed by atoms with Crippen LogP contribution in [0.25, 0.3) is 10.9 Å². The van der Waals surface area contributed by atoms with Crippen LogP contribution < -0.4 is 0 Å². The van der Waals surface area contributed by atoms with Crippen molar-refractivity contribution in [1.82, 2.24) is 4.98 Å². The van der Waals surface area contributed by atoms with Crippen molar-refractivity contribution in [3.8, 4) is 0 Å². The van der Waals surface area contributed by atoms with Gasteiger partial charge in [0.1, 0.15) is 0 Å². The molecule has 0 atom stereocenters. The van der Waals surface area contributed by atoms with Gasteiger partial charge in [-0.1, -0.05) is 0 Å². The normalized spacial score (nSPS) is 10.6. The number of methoxy groups -OCH3 is 1. The second-order valence-corrected chi connectivity index (χ2v) is 5.10. The number of esters is 2. The Balaban J connectivity index is 1.92. The lowest BCUT2D eigenvalue weighted by Gasteiger charge is -2.01. The SMILES string of the molecule is CCOC(=O)CCCCc1cc2cc(C(=O)OC)ccc2[nH]1. The van der Waals surface area contributed by atoms with Crippen LogP contribution in [0.3, 0.4) is 0 Å². The van der Waals surface area contributed by atoms with Crippen LogP contribution in [0.5, 0.6) is 0 Å². The third kappa shape index (κ3) is 4.10. The van der Waals surface area contributed by atoms with E-state index in [9.17, 15) is 9.59 Å². The highest BCUT2D eigenvalue weighted by Crippen LogP contribution is 2.19. The van der Waals surface area contributed by atoms with Gasteiger partial charge in [-0.3, -0.25) is 4.79 Å². The predicted octanol–water partition coefficient (Wildman–Crippen LogP) is 3.23. The molecule has 0 radical (unpaired) electrons. The Bertz CT molecular complexity index is 660. The minimum absolute atomic E-state index is 0.137. The van der Waals surface area contributed by atoms with Gasteiger partial charge in [0.2, 0.25) is 0 Å². The van der Waals surface area contributed by atoms with Crippen LogP contribution in [0.2, 0.25) is 0 Å². The van der Waals surface area contributed by atoms with Gasteiger partial charge < -0.3 is 14.5 Å². The number of fused-ring (bicyclic) bond motifs is 1. The number of rotatable bonds is 7. The summed E-state index contributed by atoms with van der Waals surface area (Å²) in [6, 6.07) is 7.48. The molecule has 0 amide bonds. The number of aromatic amines is 1. The molecule has 1 heterocycles. The summed E-state index contributed by atoms with van der Waals surface area (Å²) in [7, 11) is 1.37. The molecule has 5 nitrogen and oxygen atoms in total. The van der Waals surface area contributed by atoms with Gasteiger partial charge in [-0.25, -0.2) is 4.79 Å². The molecule has 0 fully saturated rings. The molecule has 0 aliphatic carbocycles. The number of hydrogen-bond donors (Lipinski definition) is 1. The molecule has 0 aliphatic rings. The van der Waals surface area contributed by atoms with Crippen molar-refractivity contribution in [1.29, 1.82) is 0 Å². The molecule has 2 rings (SSSR count). The third-order valence-electron chi connectivity index (χ3n) is 3.48. The van der Waals surface area contributed by atoms with Gasteiger partial charge in [-0.05, 0) is 50.5 Å². The number of aromatic nitrogens is 1. The molecule has 2 aromatic rings. The van der Waals surface area contributed by atoms with Gasteiger partial charge in [0.15, 0.2) is 0 Å². The maximum Gasteiger partial charge on any atom is 0.337 e. The fraction of sp³-hybridized carbons (Fsp3) is 0.412. The molecule has 1 aromatic heterocycles. The number of aryl methyl sites for hydroxylation is 1. The van der Waals surface area contributed by atoms with E-state index in [0.29, 0.717) is 18.6 Å². The van der Waals surface area contributed by atoms with E-state index in [1.165, 1.54) is 7.11 Å². The largest absolute Gasteiger partial charge is 0.466 e. The van der Waals surface area contributed by atoms with Gasteiger partial charge in [-0.15, -0.1) is 0 Å². The van der Waals surface area contributed by atoms with Crippen LogP contribution in [0, 0.1) is 0 Å². The first-order valence-electron chi connectivity index (χ1n) is 7.49.